The van der Waals surface area contributed by atoms with E-state index in [4.69, 9.17) is 48.4 Å². The number of hydrogen-bond acceptors (Lipinski definition) is 19. The van der Waals surface area contributed by atoms with Crippen molar-refractivity contribution in [3.63, 3.8) is 0 Å². The SMILES string of the molecule is CCCCCNc1nc(N)nc2ccn(Cc3cc(CCC4=NN=NC4)ccc3C)c12.CCCCCNc1nc(N)nc2ccn(Cc3cc(I)ccc3C)c12.Cc1ccc(I)cc1C.Nc1nc(Cl)c2c(n1)C=CC2.O=C=O.O=CO[O-].[Cs+].[Cs+].[H-]. The summed E-state index contributed by atoms with van der Waals surface area (Å²) >= 11 is 10.5. The average Bonchev–Trinajstić information content (AvgIpc) is 4.45. The molecule has 0 unspecified atom stereocenters. The second-order valence-corrected chi connectivity index (χ2v) is 22.1. The van der Waals surface area contributed by atoms with Gasteiger partial charge in [-0.25, -0.2) is 19.9 Å². The number of hydrogen-bond donors (Lipinski definition) is 5. The Labute approximate surface area is 647 Å². The molecule has 0 spiro atoms. The quantitative estimate of drug-likeness (QED) is 0.0178. The predicted molar refractivity (Wildman–Crippen MR) is 345 cm³/mol. The first-order valence-electron chi connectivity index (χ1n) is 26.9. The van der Waals surface area contributed by atoms with Gasteiger partial charge in [0.05, 0.1) is 22.4 Å². The summed E-state index contributed by atoms with van der Waals surface area (Å²) < 4.78 is 6.97. The van der Waals surface area contributed by atoms with Gasteiger partial charge in [0.2, 0.25) is 17.8 Å². The van der Waals surface area contributed by atoms with Crippen LogP contribution in [0.4, 0.5) is 29.5 Å². The number of fused-ring (bicyclic) bond motifs is 3. The van der Waals surface area contributed by atoms with Crippen LogP contribution in [0.1, 0.15) is 110 Å². The van der Waals surface area contributed by atoms with Gasteiger partial charge in [-0.1, -0.05) is 87.5 Å². The van der Waals surface area contributed by atoms with Gasteiger partial charge in [-0.2, -0.15) is 24.7 Å². The Bertz CT molecular complexity index is 3570. The summed E-state index contributed by atoms with van der Waals surface area (Å²) in [4.78, 5) is 53.1. The van der Waals surface area contributed by atoms with Crippen molar-refractivity contribution in [1.29, 1.82) is 0 Å². The van der Waals surface area contributed by atoms with Gasteiger partial charge in [0.1, 0.15) is 22.7 Å². The minimum atomic E-state index is -0.181. The Morgan fingerprint density at radius 1 is 0.694 bits per heavy atom. The molecule has 0 saturated heterocycles. The van der Waals surface area contributed by atoms with Crippen LogP contribution in [0.15, 0.2) is 101 Å². The summed E-state index contributed by atoms with van der Waals surface area (Å²) in [6.07, 6.45) is 17.9. The second-order valence-electron chi connectivity index (χ2n) is 19.2. The number of halogens is 3. The number of unbranched alkanes of at least 4 members (excludes halogenated alkanes) is 4. The Kier molecular flexibility index (Phi) is 36.7. The molecule has 1 aliphatic carbocycles. The number of nitrogens with two attached hydrogens (primary N) is 3. The van der Waals surface area contributed by atoms with Gasteiger partial charge in [0.15, 0.2) is 11.6 Å². The van der Waals surface area contributed by atoms with Crippen LogP contribution in [0.2, 0.25) is 5.15 Å². The third-order valence-electron chi connectivity index (χ3n) is 13.1. The molecule has 0 radical (unpaired) electrons. The maximum atomic E-state index is 8.64. The molecule has 0 bridgehead atoms. The van der Waals surface area contributed by atoms with Crippen LogP contribution in [0.5, 0.6) is 0 Å². The molecule has 1 aliphatic heterocycles. The van der Waals surface area contributed by atoms with Gasteiger partial charge in [0, 0.05) is 51.3 Å². The Morgan fingerprint density at radius 3 is 1.69 bits per heavy atom. The van der Waals surface area contributed by atoms with Crippen LogP contribution >= 0.6 is 56.8 Å². The molecule has 26 heteroatoms. The zero-order chi connectivity index (χ0) is 60.3. The summed E-state index contributed by atoms with van der Waals surface area (Å²) in [5, 5.41) is 27.5. The van der Waals surface area contributed by atoms with E-state index in [2.05, 4.69) is 224 Å². The largest absolute Gasteiger partial charge is 1.00 e. The van der Waals surface area contributed by atoms with E-state index in [0.717, 1.165) is 109 Å². The molecule has 8 N–H and O–H groups in total. The average molecular weight is 1640 g/mol. The van der Waals surface area contributed by atoms with Gasteiger partial charge >= 0.3 is 144 Å². The van der Waals surface area contributed by atoms with Crippen LogP contribution in [0.3, 0.4) is 0 Å². The van der Waals surface area contributed by atoms with Gasteiger partial charge in [-0.05, 0) is 192 Å². The predicted octanol–water partition coefficient (Wildman–Crippen LogP) is 5.46. The molecule has 0 atom stereocenters. The normalized spacial score (nSPS) is 11.2. The molecule has 6 heterocycles. The molecule has 0 fully saturated rings. The summed E-state index contributed by atoms with van der Waals surface area (Å²) in [6, 6.07) is 23.7. The maximum absolute atomic E-state index is 8.64. The van der Waals surface area contributed by atoms with E-state index in [9.17, 15) is 0 Å². The number of nitrogens with zero attached hydrogens (tertiary/aromatic N) is 11. The fraction of sp³-hybridized carbons (Fsp3) is 0.339. The standard InChI is InChI=1S/C23H30N8.C19H24IN5.C8H9I.C7H6ClN3.CH2O3.CO2.2Cs.H/c1-3-4-5-11-25-22-21-20(27-23(24)28-22)10-12-31(21)15-18-13-17(7-6-16(18)2)8-9-19-14-26-30-29-19;1-3-4-5-9-22-18-17-16(23-19(21)24-18)8-10-25(17)12-14-11-15(20)7-6-13(14)2;1-6-3-4-8(9)5-7(6)2;8-6-4-2-1-3-5(4)10-7(9)11-6;2-1-4-3;2-1-3;;;/h6-7,10,12-13H,3-5,8-9,11,14-15H2,1-2H3,(H3,24,25,27,28);6-8,10-11H,3-5,9,12H2,1-2H3,(H3,21,22,23,24);3-5H,1-2H3;1,3H,2H2,(H2,9,10,11);1,3H;;;;/q;;;;;;2*+1;-1/p-1. The molecular formula is C59H71ClCs2I2N16O5. The molecule has 3 aromatic carbocycles. The zero-order valence-corrected chi connectivity index (χ0v) is 67.1. The first-order valence-corrected chi connectivity index (χ1v) is 29.5. The van der Waals surface area contributed by atoms with Crippen LogP contribution < -0.4 is 171 Å². The van der Waals surface area contributed by atoms with E-state index in [1.807, 2.05) is 24.3 Å². The number of aromatic nitrogens is 8. The molecule has 440 valence electrons. The second kappa shape index (κ2) is 41.0. The third-order valence-corrected chi connectivity index (χ3v) is 14.8. The number of rotatable bonds is 18. The minimum Gasteiger partial charge on any atom is -1.00 e. The van der Waals surface area contributed by atoms with Crippen LogP contribution in [-0.4, -0.2) is 77.0 Å². The Morgan fingerprint density at radius 2 is 1.20 bits per heavy atom. The minimum absolute atomic E-state index is 0. The van der Waals surface area contributed by atoms with E-state index in [1.54, 1.807) is 0 Å². The molecule has 0 amide bonds. The molecule has 10 rings (SSSR count). The van der Waals surface area contributed by atoms with Crippen molar-refractivity contribution in [3.05, 3.63) is 148 Å². The molecule has 8 aromatic rings. The number of anilines is 5. The summed E-state index contributed by atoms with van der Waals surface area (Å²) in [5.74, 6) is 2.49. The van der Waals surface area contributed by atoms with Crippen LogP contribution in [0.25, 0.3) is 28.1 Å². The third kappa shape index (κ3) is 25.2. The van der Waals surface area contributed by atoms with Gasteiger partial charge in [0.25, 0.3) is 6.47 Å². The van der Waals surface area contributed by atoms with Crippen molar-refractivity contribution in [2.75, 3.05) is 47.5 Å². The van der Waals surface area contributed by atoms with Crippen LogP contribution in [-0.2, 0) is 45.2 Å². The monoisotopic (exact) mass is 1640 g/mol. The first-order chi connectivity index (χ1) is 40.0. The fourth-order valence-corrected chi connectivity index (χ4v) is 10.1. The number of aryl methyl sites for hydroxylation is 5. The maximum Gasteiger partial charge on any atom is 1.00 e. The van der Waals surface area contributed by atoms with E-state index in [-0.39, 0.29) is 158 Å². The Balaban J connectivity index is 0.000000406. The van der Waals surface area contributed by atoms with E-state index >= 15 is 0 Å². The van der Waals surface area contributed by atoms with Gasteiger partial charge < -0.3 is 48.5 Å². The van der Waals surface area contributed by atoms with Crippen LogP contribution in [0, 0.1) is 34.8 Å². The van der Waals surface area contributed by atoms with E-state index in [0.29, 0.717) is 23.6 Å². The van der Waals surface area contributed by atoms with E-state index < -0.39 is 0 Å². The number of benzene rings is 3. The molecule has 21 nitrogen and oxygen atoms in total. The van der Waals surface area contributed by atoms with Crippen molar-refractivity contribution in [2.45, 2.75) is 112 Å². The smallest absolute Gasteiger partial charge is 1.00 e. The molecular weight excluding hydrogens is 1570 g/mol. The van der Waals surface area contributed by atoms with Gasteiger partial charge in [-0.15, -0.1) is 5.10 Å². The number of allylic oxidation sites excluding steroid dienone is 1. The van der Waals surface area contributed by atoms with Crippen molar-refractivity contribution < 1.29 is 164 Å². The zero-order valence-electron chi connectivity index (χ0n) is 50.5. The number of carbonyl (C=O) groups excluding carboxylic acids is 3. The fourth-order valence-electron chi connectivity index (χ4n) is 8.62. The molecule has 5 aromatic heterocycles. The van der Waals surface area contributed by atoms with Crippen molar-refractivity contribution in [2.24, 2.45) is 15.4 Å². The number of carbonyl (C=O) groups is 1. The van der Waals surface area contributed by atoms with Gasteiger partial charge in [-0.3, -0.25) is 4.79 Å². The summed E-state index contributed by atoms with van der Waals surface area (Å²) in [5.41, 5.74) is 33.1. The molecule has 2 aliphatic rings. The van der Waals surface area contributed by atoms with Crippen molar-refractivity contribution in [3.8, 4) is 0 Å². The number of nitrogens with one attached hydrogen (secondary N) is 2. The summed E-state index contributed by atoms with van der Waals surface area (Å²) in [7, 11) is 0. The summed E-state index contributed by atoms with van der Waals surface area (Å²) in [6.45, 7) is 16.7. The van der Waals surface area contributed by atoms with Crippen molar-refractivity contribution >= 4 is 133 Å². The van der Waals surface area contributed by atoms with Crippen molar-refractivity contribution in [1.82, 2.24) is 39.0 Å². The molecule has 85 heavy (non-hydrogen) atoms. The topological polar surface area (TPSA) is 310 Å². The first kappa shape index (κ1) is 75.9. The van der Waals surface area contributed by atoms with E-state index in [1.165, 1.54) is 71.8 Å². The molecule has 0 saturated carbocycles. The number of nitrogen functional groups attached to an aromatic ring is 3. The Hall–Kier alpha value is -3.35.